The molecule has 0 aliphatic rings. The van der Waals surface area contributed by atoms with E-state index in [1.807, 2.05) is 0 Å². The van der Waals surface area contributed by atoms with Crippen LogP contribution in [-0.2, 0) is 30.4 Å². The standard InChI is InChI=1S/C18H28N6O7/c1-8(2)14(19)17(29)23-11(5-13(25)26)16(28)22-9(3)15(27)24-12(18(30)31)4-10-6-20-7-21-10/h6-9,11-12,14H,4-5,19H2,1-3H3,(H,20,21)(H,22,28)(H,23,29)(H,24,27)(H,25,26)(H,30,31). The van der Waals surface area contributed by atoms with Crippen LogP contribution in [0.3, 0.4) is 0 Å². The van der Waals surface area contributed by atoms with Gasteiger partial charge in [0.2, 0.25) is 17.7 Å². The first-order valence-electron chi connectivity index (χ1n) is 9.50. The second kappa shape index (κ2) is 11.6. The topological polar surface area (TPSA) is 217 Å². The van der Waals surface area contributed by atoms with Crippen LogP contribution in [0.5, 0.6) is 0 Å². The summed E-state index contributed by atoms with van der Waals surface area (Å²) >= 11 is 0. The van der Waals surface area contributed by atoms with E-state index in [-0.39, 0.29) is 12.3 Å². The van der Waals surface area contributed by atoms with E-state index in [4.69, 9.17) is 10.8 Å². The summed E-state index contributed by atoms with van der Waals surface area (Å²) in [6.07, 6.45) is 1.98. The normalized spacial score (nSPS) is 14.7. The number of nitrogens with zero attached hydrogens (tertiary/aromatic N) is 1. The van der Waals surface area contributed by atoms with E-state index >= 15 is 0 Å². The number of aliphatic carboxylic acids is 2. The number of H-pyrrole nitrogens is 1. The number of amides is 3. The van der Waals surface area contributed by atoms with Gasteiger partial charge in [-0.15, -0.1) is 0 Å². The molecule has 0 radical (unpaired) electrons. The monoisotopic (exact) mass is 440 g/mol. The maximum atomic E-state index is 12.5. The summed E-state index contributed by atoms with van der Waals surface area (Å²) in [6, 6.07) is -4.91. The highest BCUT2D eigenvalue weighted by molar-refractivity contribution is 5.95. The van der Waals surface area contributed by atoms with Crippen molar-refractivity contribution in [1.82, 2.24) is 25.9 Å². The predicted molar refractivity (Wildman–Crippen MR) is 106 cm³/mol. The van der Waals surface area contributed by atoms with Crippen molar-refractivity contribution in [2.45, 2.75) is 57.8 Å². The zero-order valence-electron chi connectivity index (χ0n) is 17.4. The number of aromatic nitrogens is 2. The average molecular weight is 440 g/mol. The first-order valence-corrected chi connectivity index (χ1v) is 9.50. The minimum Gasteiger partial charge on any atom is -0.481 e. The van der Waals surface area contributed by atoms with Crippen molar-refractivity contribution in [3.8, 4) is 0 Å². The van der Waals surface area contributed by atoms with Gasteiger partial charge in [-0.2, -0.15) is 0 Å². The smallest absolute Gasteiger partial charge is 0.326 e. The maximum Gasteiger partial charge on any atom is 0.326 e. The van der Waals surface area contributed by atoms with Crippen LogP contribution in [0.2, 0.25) is 0 Å². The number of nitrogens with two attached hydrogens (primary N) is 1. The van der Waals surface area contributed by atoms with Gasteiger partial charge in [0.05, 0.1) is 18.8 Å². The molecule has 3 amide bonds. The molecule has 0 bridgehead atoms. The highest BCUT2D eigenvalue weighted by Gasteiger charge is 2.30. The van der Waals surface area contributed by atoms with Crippen molar-refractivity contribution in [3.63, 3.8) is 0 Å². The van der Waals surface area contributed by atoms with E-state index in [1.165, 1.54) is 19.4 Å². The third-order valence-electron chi connectivity index (χ3n) is 4.38. The Morgan fingerprint density at radius 3 is 2.10 bits per heavy atom. The number of hydrogen-bond donors (Lipinski definition) is 7. The Hall–Kier alpha value is -3.48. The van der Waals surface area contributed by atoms with Crippen molar-refractivity contribution >= 4 is 29.7 Å². The molecular weight excluding hydrogens is 412 g/mol. The number of hydrogen-bond acceptors (Lipinski definition) is 7. The fourth-order valence-corrected chi connectivity index (χ4v) is 2.45. The fourth-order valence-electron chi connectivity index (χ4n) is 2.45. The largest absolute Gasteiger partial charge is 0.481 e. The summed E-state index contributed by atoms with van der Waals surface area (Å²) in [5.74, 6) is -5.32. The predicted octanol–water partition coefficient (Wildman–Crippen LogP) is -2.03. The van der Waals surface area contributed by atoms with E-state index in [9.17, 15) is 29.1 Å². The van der Waals surface area contributed by atoms with Crippen LogP contribution in [-0.4, -0.2) is 74.0 Å². The molecular formula is C18H28N6O7. The van der Waals surface area contributed by atoms with Gasteiger partial charge in [-0.05, 0) is 12.8 Å². The Morgan fingerprint density at radius 2 is 1.61 bits per heavy atom. The number of carbonyl (C=O) groups excluding carboxylic acids is 3. The van der Waals surface area contributed by atoms with Gasteiger partial charge in [0.1, 0.15) is 18.1 Å². The average Bonchev–Trinajstić information content (AvgIpc) is 3.18. The zero-order chi connectivity index (χ0) is 23.7. The second-order valence-electron chi connectivity index (χ2n) is 7.34. The molecule has 1 heterocycles. The van der Waals surface area contributed by atoms with Crippen molar-refractivity contribution < 1.29 is 34.2 Å². The molecule has 1 aromatic heterocycles. The molecule has 13 heteroatoms. The number of rotatable bonds is 12. The van der Waals surface area contributed by atoms with E-state index in [2.05, 4.69) is 25.9 Å². The third-order valence-corrected chi connectivity index (χ3v) is 4.38. The van der Waals surface area contributed by atoms with Crippen LogP contribution >= 0.6 is 0 Å². The molecule has 1 aromatic rings. The molecule has 0 saturated heterocycles. The molecule has 172 valence electrons. The molecule has 0 saturated carbocycles. The Bertz CT molecular complexity index is 795. The van der Waals surface area contributed by atoms with Crippen molar-refractivity contribution in [3.05, 3.63) is 18.2 Å². The number of carbonyl (C=O) groups is 5. The van der Waals surface area contributed by atoms with Crippen LogP contribution in [0.4, 0.5) is 0 Å². The summed E-state index contributed by atoms with van der Waals surface area (Å²) in [4.78, 5) is 65.9. The lowest BCUT2D eigenvalue weighted by molar-refractivity contribution is -0.143. The second-order valence-corrected chi connectivity index (χ2v) is 7.34. The van der Waals surface area contributed by atoms with Gasteiger partial charge in [0, 0.05) is 18.3 Å². The molecule has 0 aliphatic heterocycles. The van der Waals surface area contributed by atoms with E-state index in [1.54, 1.807) is 13.8 Å². The maximum absolute atomic E-state index is 12.5. The summed E-state index contributed by atoms with van der Waals surface area (Å²) in [5, 5.41) is 25.2. The van der Waals surface area contributed by atoms with Gasteiger partial charge in [-0.25, -0.2) is 9.78 Å². The number of imidazole rings is 1. The quantitative estimate of drug-likeness (QED) is 0.190. The number of nitrogens with one attached hydrogen (secondary N) is 4. The molecule has 4 atom stereocenters. The zero-order valence-corrected chi connectivity index (χ0v) is 17.4. The summed E-state index contributed by atoms with van der Waals surface area (Å²) < 4.78 is 0. The van der Waals surface area contributed by atoms with Crippen LogP contribution in [0.25, 0.3) is 0 Å². The molecule has 1 rings (SSSR count). The first-order chi connectivity index (χ1) is 14.4. The number of carboxylic acids is 2. The molecule has 31 heavy (non-hydrogen) atoms. The minimum absolute atomic E-state index is 0.0630. The van der Waals surface area contributed by atoms with Gasteiger partial charge >= 0.3 is 11.9 Å². The molecule has 0 aliphatic carbocycles. The molecule has 8 N–H and O–H groups in total. The molecule has 13 nitrogen and oxygen atoms in total. The molecule has 4 unspecified atom stereocenters. The minimum atomic E-state index is -1.47. The molecule has 0 spiro atoms. The molecule has 0 aromatic carbocycles. The van der Waals surface area contributed by atoms with E-state index in [0.717, 1.165) is 0 Å². The third kappa shape index (κ3) is 8.42. The van der Waals surface area contributed by atoms with Crippen LogP contribution in [0.1, 0.15) is 32.9 Å². The van der Waals surface area contributed by atoms with Gasteiger partial charge in [-0.3, -0.25) is 19.2 Å². The SMILES string of the molecule is CC(NC(=O)C(CC(=O)O)NC(=O)C(N)C(C)C)C(=O)NC(Cc1cnc[nH]1)C(=O)O. The lowest BCUT2D eigenvalue weighted by atomic mass is 10.0. The Kier molecular flexibility index (Phi) is 9.60. The van der Waals surface area contributed by atoms with Crippen LogP contribution in [0.15, 0.2) is 12.5 Å². The van der Waals surface area contributed by atoms with Crippen LogP contribution in [0, 0.1) is 5.92 Å². The summed E-state index contributed by atoms with van der Waals surface area (Å²) in [5.41, 5.74) is 6.19. The van der Waals surface area contributed by atoms with E-state index in [0.29, 0.717) is 5.69 Å². The summed E-state index contributed by atoms with van der Waals surface area (Å²) in [6.45, 7) is 4.66. The molecule has 0 fully saturated rings. The Balaban J connectivity index is 2.77. The van der Waals surface area contributed by atoms with Gasteiger partial charge in [-0.1, -0.05) is 13.8 Å². The lowest BCUT2D eigenvalue weighted by Gasteiger charge is -2.23. The number of aromatic amines is 1. The van der Waals surface area contributed by atoms with Gasteiger partial charge < -0.3 is 36.9 Å². The highest BCUT2D eigenvalue weighted by atomic mass is 16.4. The fraction of sp³-hybridized carbons (Fsp3) is 0.556. The Labute approximate surface area is 178 Å². The van der Waals surface area contributed by atoms with E-state index < -0.39 is 60.2 Å². The van der Waals surface area contributed by atoms with Crippen LogP contribution < -0.4 is 21.7 Å². The van der Waals surface area contributed by atoms with Crippen molar-refractivity contribution in [2.75, 3.05) is 0 Å². The van der Waals surface area contributed by atoms with Crippen molar-refractivity contribution in [1.29, 1.82) is 0 Å². The highest BCUT2D eigenvalue weighted by Crippen LogP contribution is 2.03. The Morgan fingerprint density at radius 1 is 1.00 bits per heavy atom. The lowest BCUT2D eigenvalue weighted by Crippen LogP contribution is -2.57. The number of carboxylic acid groups (broad SMARTS) is 2. The first kappa shape index (κ1) is 25.6. The van der Waals surface area contributed by atoms with Crippen molar-refractivity contribution in [2.24, 2.45) is 11.7 Å². The van der Waals surface area contributed by atoms with Gasteiger partial charge in [0.15, 0.2) is 0 Å². The summed E-state index contributed by atoms with van der Waals surface area (Å²) in [7, 11) is 0. The van der Waals surface area contributed by atoms with Gasteiger partial charge in [0.25, 0.3) is 0 Å².